The standard InChI is InChI=1S/C13H16N2O2S/c1-8-4-9(16-2)5-11(17-3)13(8)10-6-14-12(7-18)15-10/h4-6,18H,7H2,1-3H3,(H,14,15). The van der Waals surface area contributed by atoms with Crippen LogP contribution in [-0.4, -0.2) is 24.2 Å². The highest BCUT2D eigenvalue weighted by molar-refractivity contribution is 7.79. The number of benzene rings is 1. The number of hydrogen-bond acceptors (Lipinski definition) is 4. The van der Waals surface area contributed by atoms with E-state index < -0.39 is 0 Å². The van der Waals surface area contributed by atoms with E-state index in [2.05, 4.69) is 22.6 Å². The Kier molecular flexibility index (Phi) is 3.81. The molecule has 1 aromatic heterocycles. The first-order valence-electron chi connectivity index (χ1n) is 5.57. The van der Waals surface area contributed by atoms with E-state index in [9.17, 15) is 0 Å². The Balaban J connectivity index is 2.55. The Morgan fingerprint density at radius 3 is 2.61 bits per heavy atom. The number of nitrogens with one attached hydrogen (secondary N) is 1. The second-order valence-corrected chi connectivity index (χ2v) is 4.24. The molecule has 0 atom stereocenters. The fourth-order valence-corrected chi connectivity index (χ4v) is 2.08. The first-order chi connectivity index (χ1) is 8.69. The van der Waals surface area contributed by atoms with Crippen LogP contribution in [0.2, 0.25) is 0 Å². The van der Waals surface area contributed by atoms with E-state index in [1.165, 1.54) is 0 Å². The fraction of sp³-hybridized carbons (Fsp3) is 0.308. The van der Waals surface area contributed by atoms with Crippen LogP contribution >= 0.6 is 12.6 Å². The molecule has 1 aromatic carbocycles. The van der Waals surface area contributed by atoms with Gasteiger partial charge < -0.3 is 14.5 Å². The van der Waals surface area contributed by atoms with E-state index in [1.54, 1.807) is 20.4 Å². The van der Waals surface area contributed by atoms with Crippen LogP contribution in [-0.2, 0) is 5.75 Å². The van der Waals surface area contributed by atoms with Crippen LogP contribution in [0.5, 0.6) is 11.5 Å². The molecule has 0 saturated heterocycles. The highest BCUT2D eigenvalue weighted by Gasteiger charge is 2.13. The third kappa shape index (κ3) is 2.31. The lowest BCUT2D eigenvalue weighted by molar-refractivity contribution is 0.395. The molecule has 0 saturated carbocycles. The van der Waals surface area contributed by atoms with Gasteiger partial charge in [-0.1, -0.05) is 0 Å². The number of ether oxygens (including phenoxy) is 2. The Hall–Kier alpha value is -1.62. The lowest BCUT2D eigenvalue weighted by Gasteiger charge is -2.12. The number of nitrogens with zero attached hydrogens (tertiary/aromatic N) is 1. The van der Waals surface area contributed by atoms with Gasteiger partial charge in [-0.25, -0.2) is 4.98 Å². The number of aromatic amines is 1. The van der Waals surface area contributed by atoms with Gasteiger partial charge in [0.25, 0.3) is 0 Å². The number of rotatable bonds is 4. The molecule has 0 aliphatic heterocycles. The van der Waals surface area contributed by atoms with Crippen LogP contribution in [0.4, 0.5) is 0 Å². The van der Waals surface area contributed by atoms with Crippen molar-refractivity contribution in [2.75, 3.05) is 14.2 Å². The number of aryl methyl sites for hydroxylation is 1. The molecule has 4 nitrogen and oxygen atoms in total. The molecule has 0 radical (unpaired) electrons. The van der Waals surface area contributed by atoms with Gasteiger partial charge in [-0.3, -0.25) is 0 Å². The van der Waals surface area contributed by atoms with Gasteiger partial charge in [0.2, 0.25) is 0 Å². The van der Waals surface area contributed by atoms with E-state index in [0.29, 0.717) is 5.75 Å². The Labute approximate surface area is 112 Å². The van der Waals surface area contributed by atoms with E-state index >= 15 is 0 Å². The average molecular weight is 264 g/mol. The smallest absolute Gasteiger partial charge is 0.132 e. The summed E-state index contributed by atoms with van der Waals surface area (Å²) < 4.78 is 10.7. The zero-order chi connectivity index (χ0) is 13.1. The van der Waals surface area contributed by atoms with Gasteiger partial charge >= 0.3 is 0 Å². The molecule has 2 rings (SSSR count). The normalized spacial score (nSPS) is 10.4. The largest absolute Gasteiger partial charge is 0.497 e. The van der Waals surface area contributed by atoms with Crippen LogP contribution in [0.3, 0.4) is 0 Å². The number of imidazole rings is 1. The molecule has 1 heterocycles. The first-order valence-corrected chi connectivity index (χ1v) is 6.20. The predicted octanol–water partition coefficient (Wildman–Crippen LogP) is 2.83. The van der Waals surface area contributed by atoms with Crippen molar-refractivity contribution >= 4 is 12.6 Å². The zero-order valence-electron chi connectivity index (χ0n) is 10.7. The Morgan fingerprint density at radius 1 is 1.28 bits per heavy atom. The molecule has 18 heavy (non-hydrogen) atoms. The molecule has 2 aromatic rings. The van der Waals surface area contributed by atoms with Crippen LogP contribution in [0, 0.1) is 6.92 Å². The van der Waals surface area contributed by atoms with Crippen LogP contribution in [0.15, 0.2) is 18.3 Å². The van der Waals surface area contributed by atoms with Crippen molar-refractivity contribution in [1.82, 2.24) is 9.97 Å². The molecule has 0 unspecified atom stereocenters. The monoisotopic (exact) mass is 264 g/mol. The number of methoxy groups -OCH3 is 2. The lowest BCUT2D eigenvalue weighted by Crippen LogP contribution is -1.94. The molecular formula is C13H16N2O2S. The zero-order valence-corrected chi connectivity index (χ0v) is 11.5. The predicted molar refractivity (Wildman–Crippen MR) is 74.6 cm³/mol. The Morgan fingerprint density at radius 2 is 2.06 bits per heavy atom. The van der Waals surface area contributed by atoms with Gasteiger partial charge in [-0.2, -0.15) is 12.6 Å². The molecule has 5 heteroatoms. The summed E-state index contributed by atoms with van der Waals surface area (Å²) in [7, 11) is 3.29. The number of H-pyrrole nitrogens is 1. The summed E-state index contributed by atoms with van der Waals surface area (Å²) in [6.07, 6.45) is 1.79. The van der Waals surface area contributed by atoms with Gasteiger partial charge in [-0.15, -0.1) is 0 Å². The minimum Gasteiger partial charge on any atom is -0.497 e. The van der Waals surface area contributed by atoms with Crippen molar-refractivity contribution in [1.29, 1.82) is 0 Å². The molecule has 0 spiro atoms. The fourth-order valence-electron chi connectivity index (χ4n) is 1.92. The maximum absolute atomic E-state index is 5.42. The third-order valence-electron chi connectivity index (χ3n) is 2.78. The molecule has 1 N–H and O–H groups in total. The van der Waals surface area contributed by atoms with Gasteiger partial charge in [-0.05, 0) is 18.6 Å². The third-order valence-corrected chi connectivity index (χ3v) is 3.08. The lowest BCUT2D eigenvalue weighted by atomic mass is 10.0. The van der Waals surface area contributed by atoms with E-state index in [0.717, 1.165) is 34.1 Å². The van der Waals surface area contributed by atoms with Crippen LogP contribution in [0.25, 0.3) is 11.3 Å². The topological polar surface area (TPSA) is 47.1 Å². The Bertz CT molecular complexity index is 552. The summed E-state index contributed by atoms with van der Waals surface area (Å²) in [5.41, 5.74) is 3.00. The summed E-state index contributed by atoms with van der Waals surface area (Å²) in [5, 5.41) is 0. The van der Waals surface area contributed by atoms with Crippen molar-refractivity contribution in [3.05, 3.63) is 29.7 Å². The number of thiol groups is 1. The number of hydrogen-bond donors (Lipinski definition) is 2. The van der Waals surface area contributed by atoms with Crippen molar-refractivity contribution in [2.45, 2.75) is 12.7 Å². The second kappa shape index (κ2) is 5.35. The summed E-state index contributed by atoms with van der Waals surface area (Å²) >= 11 is 4.20. The number of aromatic nitrogens is 2. The quantitative estimate of drug-likeness (QED) is 0.835. The van der Waals surface area contributed by atoms with E-state index in [1.807, 2.05) is 19.1 Å². The molecule has 0 bridgehead atoms. The minimum atomic E-state index is 0.581. The maximum atomic E-state index is 5.42. The van der Waals surface area contributed by atoms with E-state index in [4.69, 9.17) is 9.47 Å². The van der Waals surface area contributed by atoms with Crippen LogP contribution < -0.4 is 9.47 Å². The van der Waals surface area contributed by atoms with Gasteiger partial charge in [0, 0.05) is 17.4 Å². The van der Waals surface area contributed by atoms with E-state index in [-0.39, 0.29) is 0 Å². The molecule has 0 amide bonds. The van der Waals surface area contributed by atoms with Gasteiger partial charge in [0.1, 0.15) is 17.3 Å². The summed E-state index contributed by atoms with van der Waals surface area (Å²) in [5.74, 6) is 2.96. The minimum absolute atomic E-state index is 0.581. The van der Waals surface area contributed by atoms with Gasteiger partial charge in [0.05, 0.1) is 26.1 Å². The summed E-state index contributed by atoms with van der Waals surface area (Å²) in [6.45, 7) is 2.02. The van der Waals surface area contributed by atoms with Crippen molar-refractivity contribution < 1.29 is 9.47 Å². The first kappa shape index (κ1) is 12.8. The van der Waals surface area contributed by atoms with Crippen molar-refractivity contribution in [2.24, 2.45) is 0 Å². The van der Waals surface area contributed by atoms with Gasteiger partial charge in [0.15, 0.2) is 0 Å². The average Bonchev–Trinajstić information content (AvgIpc) is 2.85. The highest BCUT2D eigenvalue weighted by Crippen LogP contribution is 2.35. The maximum Gasteiger partial charge on any atom is 0.132 e. The SMILES string of the molecule is COc1cc(C)c(-c2cnc(CS)[nH]2)c(OC)c1. The van der Waals surface area contributed by atoms with Crippen molar-refractivity contribution in [3.8, 4) is 22.8 Å². The second-order valence-electron chi connectivity index (χ2n) is 3.92. The van der Waals surface area contributed by atoms with Crippen LogP contribution in [0.1, 0.15) is 11.4 Å². The molecule has 0 aliphatic carbocycles. The molecule has 0 fully saturated rings. The summed E-state index contributed by atoms with van der Waals surface area (Å²) in [6, 6.07) is 3.84. The molecule has 96 valence electrons. The summed E-state index contributed by atoms with van der Waals surface area (Å²) in [4.78, 5) is 7.48. The molecule has 0 aliphatic rings. The van der Waals surface area contributed by atoms with Crippen molar-refractivity contribution in [3.63, 3.8) is 0 Å². The molecular weight excluding hydrogens is 248 g/mol. The highest BCUT2D eigenvalue weighted by atomic mass is 32.1.